The van der Waals surface area contributed by atoms with Gasteiger partial charge in [-0.05, 0) is 25.7 Å². The van der Waals surface area contributed by atoms with Crippen LogP contribution < -0.4 is 10.2 Å². The van der Waals surface area contributed by atoms with Crippen molar-refractivity contribution in [2.45, 2.75) is 51.4 Å². The van der Waals surface area contributed by atoms with Gasteiger partial charge in [-0.1, -0.05) is 13.3 Å². The highest BCUT2D eigenvalue weighted by atomic mass is 16.6. The minimum absolute atomic E-state index is 0.187. The van der Waals surface area contributed by atoms with E-state index in [1.807, 2.05) is 0 Å². The van der Waals surface area contributed by atoms with Gasteiger partial charge in [-0.15, -0.1) is 0 Å². The molecule has 0 bridgehead atoms. The number of nitrogens with zero attached hydrogens (tertiary/aromatic N) is 4. The second kappa shape index (κ2) is 8.57. The Morgan fingerprint density at radius 1 is 1.23 bits per heavy atom. The Balaban J connectivity index is 1.26. The first-order valence-electron chi connectivity index (χ1n) is 10.8. The summed E-state index contributed by atoms with van der Waals surface area (Å²) in [5.74, 6) is -0.194. The van der Waals surface area contributed by atoms with Crippen LogP contribution in [0.15, 0.2) is 12.4 Å². The number of hydrogen-bond acceptors (Lipinski definition) is 7. The van der Waals surface area contributed by atoms with Crippen molar-refractivity contribution in [2.24, 2.45) is 5.41 Å². The van der Waals surface area contributed by atoms with Gasteiger partial charge in [0.2, 0.25) is 17.8 Å². The van der Waals surface area contributed by atoms with E-state index >= 15 is 0 Å². The predicted octanol–water partition coefficient (Wildman–Crippen LogP) is 1.84. The minimum atomic E-state index is -0.362. The summed E-state index contributed by atoms with van der Waals surface area (Å²) >= 11 is 0. The second-order valence-corrected chi connectivity index (χ2v) is 8.63. The molecule has 9 heteroatoms. The van der Waals surface area contributed by atoms with E-state index in [4.69, 9.17) is 4.74 Å². The Hall–Kier alpha value is -2.71. The van der Waals surface area contributed by atoms with Gasteiger partial charge in [-0.3, -0.25) is 14.9 Å². The Morgan fingerprint density at radius 2 is 1.93 bits per heavy atom. The van der Waals surface area contributed by atoms with Crippen LogP contribution >= 0.6 is 0 Å². The summed E-state index contributed by atoms with van der Waals surface area (Å²) in [4.78, 5) is 48.3. The molecule has 1 atom stereocenters. The predicted molar refractivity (Wildman–Crippen MR) is 109 cm³/mol. The van der Waals surface area contributed by atoms with Gasteiger partial charge in [-0.2, -0.15) is 0 Å². The molecule has 0 radical (unpaired) electrons. The van der Waals surface area contributed by atoms with Crippen molar-refractivity contribution in [3.63, 3.8) is 0 Å². The highest BCUT2D eigenvalue weighted by molar-refractivity contribution is 6.00. The van der Waals surface area contributed by atoms with Gasteiger partial charge in [0.15, 0.2) is 0 Å². The molecule has 0 aromatic carbocycles. The maximum Gasteiger partial charge on any atom is 0.409 e. The first-order valence-corrected chi connectivity index (χ1v) is 10.8. The topological polar surface area (TPSA) is 105 Å². The molecule has 1 aromatic rings. The SMILES string of the molecule is CCCCOC(=O)N1CC2(CCN(c3ncc(C4CCC(=O)NC4=O)cn3)CC2)C1. The van der Waals surface area contributed by atoms with E-state index < -0.39 is 0 Å². The van der Waals surface area contributed by atoms with Crippen molar-refractivity contribution in [3.8, 4) is 0 Å². The highest BCUT2D eigenvalue weighted by Crippen LogP contribution is 2.41. The Bertz CT molecular complexity index is 796. The monoisotopic (exact) mass is 415 g/mol. The lowest BCUT2D eigenvalue weighted by Gasteiger charge is -2.53. The van der Waals surface area contributed by atoms with Gasteiger partial charge in [0.25, 0.3) is 0 Å². The average Bonchev–Trinajstić information content (AvgIpc) is 2.72. The molecule has 3 saturated heterocycles. The Morgan fingerprint density at radius 3 is 2.57 bits per heavy atom. The molecule has 0 saturated carbocycles. The lowest BCUT2D eigenvalue weighted by atomic mass is 9.72. The molecule has 4 rings (SSSR count). The molecule has 3 aliphatic heterocycles. The molecule has 162 valence electrons. The lowest BCUT2D eigenvalue weighted by Crippen LogP contribution is -2.62. The smallest absolute Gasteiger partial charge is 0.409 e. The molecule has 0 aliphatic carbocycles. The summed E-state index contributed by atoms with van der Waals surface area (Å²) in [6.07, 6.45) is 7.95. The zero-order valence-electron chi connectivity index (χ0n) is 17.4. The van der Waals surface area contributed by atoms with Crippen LogP contribution in [-0.4, -0.2) is 65.6 Å². The molecule has 3 amide bonds. The van der Waals surface area contributed by atoms with E-state index in [-0.39, 0.29) is 29.2 Å². The fourth-order valence-electron chi connectivity index (χ4n) is 4.47. The van der Waals surface area contributed by atoms with Crippen LogP contribution in [0.3, 0.4) is 0 Å². The Labute approximate surface area is 176 Å². The van der Waals surface area contributed by atoms with Crippen molar-refractivity contribution < 1.29 is 19.1 Å². The fraction of sp³-hybridized carbons (Fsp3) is 0.667. The third-order valence-electron chi connectivity index (χ3n) is 6.44. The first-order chi connectivity index (χ1) is 14.5. The zero-order chi connectivity index (χ0) is 21.1. The molecule has 1 unspecified atom stereocenters. The molecule has 9 nitrogen and oxygen atoms in total. The van der Waals surface area contributed by atoms with Crippen LogP contribution in [-0.2, 0) is 14.3 Å². The quantitative estimate of drug-likeness (QED) is 0.578. The van der Waals surface area contributed by atoms with E-state index in [9.17, 15) is 14.4 Å². The number of amides is 3. The summed E-state index contributed by atoms with van der Waals surface area (Å²) in [5.41, 5.74) is 0.931. The van der Waals surface area contributed by atoms with Gasteiger partial charge >= 0.3 is 6.09 Å². The number of hydrogen-bond donors (Lipinski definition) is 1. The molecule has 1 aromatic heterocycles. The number of ether oxygens (including phenoxy) is 1. The van der Waals surface area contributed by atoms with Crippen LogP contribution in [0.1, 0.15) is 56.9 Å². The molecule has 3 fully saturated rings. The number of aromatic nitrogens is 2. The number of anilines is 1. The van der Waals surface area contributed by atoms with Crippen LogP contribution in [0, 0.1) is 5.41 Å². The molecule has 3 aliphatic rings. The number of carbonyl (C=O) groups is 3. The average molecular weight is 415 g/mol. The first kappa shape index (κ1) is 20.6. The molecular weight excluding hydrogens is 386 g/mol. The largest absolute Gasteiger partial charge is 0.449 e. The number of unbranched alkanes of at least 4 members (excludes halogenated alkanes) is 1. The van der Waals surface area contributed by atoms with Crippen molar-refractivity contribution >= 4 is 23.9 Å². The third-order valence-corrected chi connectivity index (χ3v) is 6.44. The molecule has 1 N–H and O–H groups in total. The van der Waals surface area contributed by atoms with Crippen LogP contribution in [0.25, 0.3) is 0 Å². The minimum Gasteiger partial charge on any atom is -0.449 e. The van der Waals surface area contributed by atoms with Gasteiger partial charge in [0.05, 0.1) is 12.5 Å². The summed E-state index contributed by atoms with van der Waals surface area (Å²) in [7, 11) is 0. The maximum absolute atomic E-state index is 12.0. The molecule has 1 spiro atoms. The summed E-state index contributed by atoms with van der Waals surface area (Å²) in [5, 5.41) is 2.37. The zero-order valence-corrected chi connectivity index (χ0v) is 17.4. The molecule has 30 heavy (non-hydrogen) atoms. The number of imide groups is 1. The standard InChI is InChI=1S/C21H29N5O4/c1-2-3-10-30-20(29)26-13-21(14-26)6-8-25(9-7-21)19-22-11-15(12-23-19)16-4-5-17(27)24-18(16)28/h11-12,16H,2-10,13-14H2,1H3,(H,24,27,28). The van der Waals surface area contributed by atoms with Crippen LogP contribution in [0.2, 0.25) is 0 Å². The third kappa shape index (κ3) is 4.24. The number of nitrogens with one attached hydrogen (secondary N) is 1. The summed E-state index contributed by atoms with van der Waals surface area (Å²) in [6, 6.07) is 0. The maximum atomic E-state index is 12.0. The normalized spacial score (nSPS) is 23.2. The van der Waals surface area contributed by atoms with Crippen molar-refractivity contribution in [1.29, 1.82) is 0 Å². The van der Waals surface area contributed by atoms with Crippen LogP contribution in [0.4, 0.5) is 10.7 Å². The summed E-state index contributed by atoms with van der Waals surface area (Å²) < 4.78 is 5.29. The van der Waals surface area contributed by atoms with E-state index in [1.54, 1.807) is 17.3 Å². The van der Waals surface area contributed by atoms with Gasteiger partial charge in [0, 0.05) is 56.0 Å². The van der Waals surface area contributed by atoms with Gasteiger partial charge < -0.3 is 14.5 Å². The number of rotatable bonds is 5. The lowest BCUT2D eigenvalue weighted by molar-refractivity contribution is -0.134. The number of likely N-dealkylation sites (tertiary alicyclic amines) is 1. The van der Waals surface area contributed by atoms with Crippen molar-refractivity contribution in [1.82, 2.24) is 20.2 Å². The second-order valence-electron chi connectivity index (χ2n) is 8.63. The Kier molecular flexibility index (Phi) is 5.87. The molecule has 4 heterocycles. The number of carbonyl (C=O) groups excluding carboxylic acids is 3. The van der Waals surface area contributed by atoms with E-state index in [1.165, 1.54) is 0 Å². The van der Waals surface area contributed by atoms with Crippen molar-refractivity contribution in [3.05, 3.63) is 18.0 Å². The van der Waals surface area contributed by atoms with E-state index in [0.29, 0.717) is 25.4 Å². The van der Waals surface area contributed by atoms with E-state index in [2.05, 4.69) is 27.1 Å². The molecular formula is C21H29N5O4. The van der Waals surface area contributed by atoms with E-state index in [0.717, 1.165) is 57.4 Å². The summed E-state index contributed by atoms with van der Waals surface area (Å²) in [6.45, 7) is 5.79. The number of piperidine rings is 2. The highest BCUT2D eigenvalue weighted by Gasteiger charge is 2.47. The van der Waals surface area contributed by atoms with Gasteiger partial charge in [-0.25, -0.2) is 14.8 Å². The fourth-order valence-corrected chi connectivity index (χ4v) is 4.47. The van der Waals surface area contributed by atoms with Crippen molar-refractivity contribution in [2.75, 3.05) is 37.7 Å². The van der Waals surface area contributed by atoms with Crippen LogP contribution in [0.5, 0.6) is 0 Å². The van der Waals surface area contributed by atoms with Gasteiger partial charge in [0.1, 0.15) is 0 Å².